The van der Waals surface area contributed by atoms with E-state index in [4.69, 9.17) is 16.7 Å². The third-order valence-corrected chi connectivity index (χ3v) is 10.3. The lowest BCUT2D eigenvalue weighted by atomic mass is 9.98. The standard InChI is InChI=1S/C22H37ClO2Si/c1-5-26(6-2,7-3)18-12-8-9-14-21(19-23)17-16-20(4)13-10-11-15-22(24)25/h10,13,19-20H,5-9,11,14-17H2,1-4H3,(H,24,25)/b13-10+,21-19-/t20-/m0/s1. The molecular formula is C22H37ClO2Si. The average Bonchev–Trinajstić information content (AvgIpc) is 2.64. The Morgan fingerprint density at radius 2 is 1.81 bits per heavy atom. The van der Waals surface area contributed by atoms with Gasteiger partial charge in [-0.1, -0.05) is 57.0 Å². The monoisotopic (exact) mass is 396 g/mol. The minimum Gasteiger partial charge on any atom is -0.481 e. The third kappa shape index (κ3) is 11.6. The first-order valence-corrected chi connectivity index (χ1v) is 13.1. The molecule has 4 heteroatoms. The SMILES string of the molecule is CC[Si](C#CCCC/C(=C/Cl)CC[C@@H](C)/C=C/CCC(=O)O)(CC)CC. The second kappa shape index (κ2) is 15.1. The molecule has 0 rings (SSSR count). The molecule has 0 fully saturated rings. The minimum absolute atomic E-state index is 0.204. The molecule has 0 aromatic rings. The van der Waals surface area contributed by atoms with E-state index in [0.717, 1.165) is 32.1 Å². The van der Waals surface area contributed by atoms with E-state index in [1.165, 1.54) is 23.7 Å². The van der Waals surface area contributed by atoms with Crippen LogP contribution in [0.25, 0.3) is 0 Å². The summed E-state index contributed by atoms with van der Waals surface area (Å²) in [7, 11) is -1.30. The van der Waals surface area contributed by atoms with Gasteiger partial charge in [0.1, 0.15) is 8.07 Å². The van der Waals surface area contributed by atoms with Gasteiger partial charge in [0.15, 0.2) is 0 Å². The average molecular weight is 397 g/mol. The van der Waals surface area contributed by atoms with Crippen LogP contribution in [0.2, 0.25) is 18.1 Å². The lowest BCUT2D eigenvalue weighted by molar-refractivity contribution is -0.136. The maximum Gasteiger partial charge on any atom is 0.303 e. The van der Waals surface area contributed by atoms with Gasteiger partial charge in [-0.2, -0.15) is 0 Å². The topological polar surface area (TPSA) is 37.3 Å². The van der Waals surface area contributed by atoms with Crippen LogP contribution < -0.4 is 0 Å². The molecule has 0 unspecified atom stereocenters. The predicted octanol–water partition coefficient (Wildman–Crippen LogP) is 7.17. The molecule has 0 saturated carbocycles. The van der Waals surface area contributed by atoms with Crippen molar-refractivity contribution in [1.82, 2.24) is 0 Å². The van der Waals surface area contributed by atoms with E-state index >= 15 is 0 Å². The van der Waals surface area contributed by atoms with Crippen molar-refractivity contribution in [3.05, 3.63) is 23.3 Å². The Morgan fingerprint density at radius 1 is 1.15 bits per heavy atom. The zero-order valence-corrected chi connectivity index (χ0v) is 18.9. The zero-order chi connectivity index (χ0) is 19.8. The first kappa shape index (κ1) is 25.0. The highest BCUT2D eigenvalue weighted by Gasteiger charge is 2.23. The van der Waals surface area contributed by atoms with Gasteiger partial charge in [0, 0.05) is 18.4 Å². The van der Waals surface area contributed by atoms with E-state index in [1.807, 2.05) is 6.08 Å². The number of rotatable bonds is 13. The van der Waals surface area contributed by atoms with Gasteiger partial charge in [0.25, 0.3) is 0 Å². The molecule has 0 aliphatic carbocycles. The fourth-order valence-electron chi connectivity index (χ4n) is 2.95. The summed E-state index contributed by atoms with van der Waals surface area (Å²) in [5, 5.41) is 8.63. The number of aliphatic carboxylic acids is 1. The Hall–Kier alpha value is -0.983. The molecular weight excluding hydrogens is 360 g/mol. The molecule has 1 N–H and O–H groups in total. The number of carbonyl (C=O) groups is 1. The smallest absolute Gasteiger partial charge is 0.303 e. The molecule has 0 radical (unpaired) electrons. The van der Waals surface area contributed by atoms with E-state index in [1.54, 1.807) is 5.54 Å². The van der Waals surface area contributed by atoms with Gasteiger partial charge in [-0.3, -0.25) is 4.79 Å². The maximum atomic E-state index is 10.5. The molecule has 0 aromatic carbocycles. The van der Waals surface area contributed by atoms with Crippen molar-refractivity contribution in [3.63, 3.8) is 0 Å². The summed E-state index contributed by atoms with van der Waals surface area (Å²) < 4.78 is 0. The van der Waals surface area contributed by atoms with Crippen molar-refractivity contribution in [1.29, 1.82) is 0 Å². The van der Waals surface area contributed by atoms with Crippen LogP contribution in [0.3, 0.4) is 0 Å². The van der Waals surface area contributed by atoms with Crippen LogP contribution in [0.5, 0.6) is 0 Å². The summed E-state index contributed by atoms with van der Waals surface area (Å²) in [5.74, 6) is 3.15. The quantitative estimate of drug-likeness (QED) is 0.155. The number of halogens is 1. The number of allylic oxidation sites excluding steroid dienone is 3. The van der Waals surface area contributed by atoms with Crippen molar-refractivity contribution >= 4 is 25.6 Å². The lowest BCUT2D eigenvalue weighted by Crippen LogP contribution is -2.29. The second-order valence-electron chi connectivity index (χ2n) is 7.14. The van der Waals surface area contributed by atoms with Crippen LogP contribution in [0.15, 0.2) is 23.3 Å². The first-order valence-electron chi connectivity index (χ1n) is 10.1. The molecule has 0 amide bonds. The Bertz CT molecular complexity index is 502. The summed E-state index contributed by atoms with van der Waals surface area (Å²) >= 11 is 5.99. The number of hydrogen-bond donors (Lipinski definition) is 1. The normalized spacial score (nSPS) is 13.5. The summed E-state index contributed by atoms with van der Waals surface area (Å²) in [6.45, 7) is 9.04. The second-order valence-corrected chi connectivity index (χ2v) is 12.3. The maximum absolute atomic E-state index is 10.5. The largest absolute Gasteiger partial charge is 0.481 e. The van der Waals surface area contributed by atoms with Crippen molar-refractivity contribution < 1.29 is 9.90 Å². The van der Waals surface area contributed by atoms with Crippen LogP contribution in [-0.2, 0) is 4.79 Å². The fraction of sp³-hybridized carbons (Fsp3) is 0.682. The summed E-state index contributed by atoms with van der Waals surface area (Å²) in [5.41, 5.74) is 6.68. The van der Waals surface area contributed by atoms with Crippen LogP contribution in [0, 0.1) is 17.4 Å². The molecule has 26 heavy (non-hydrogen) atoms. The molecule has 0 aliphatic rings. The van der Waals surface area contributed by atoms with Crippen LogP contribution in [0.4, 0.5) is 0 Å². The van der Waals surface area contributed by atoms with E-state index < -0.39 is 14.0 Å². The van der Waals surface area contributed by atoms with Gasteiger partial charge in [-0.15, -0.1) is 11.5 Å². The predicted molar refractivity (Wildman–Crippen MR) is 117 cm³/mol. The number of unbranched alkanes of at least 4 members (excludes halogenated alkanes) is 1. The molecule has 0 heterocycles. The van der Waals surface area contributed by atoms with Gasteiger partial charge < -0.3 is 5.11 Å². The molecule has 0 aromatic heterocycles. The van der Waals surface area contributed by atoms with Gasteiger partial charge in [-0.25, -0.2) is 0 Å². The van der Waals surface area contributed by atoms with Gasteiger partial charge in [0.05, 0.1) is 0 Å². The highest BCUT2D eigenvalue weighted by Crippen LogP contribution is 2.20. The summed E-state index contributed by atoms with van der Waals surface area (Å²) in [6, 6.07) is 3.78. The van der Waals surface area contributed by atoms with Crippen molar-refractivity contribution in [3.8, 4) is 11.5 Å². The molecule has 0 saturated heterocycles. The van der Waals surface area contributed by atoms with Crippen molar-refractivity contribution in [2.45, 2.75) is 90.8 Å². The Kier molecular flexibility index (Phi) is 14.5. The summed E-state index contributed by atoms with van der Waals surface area (Å²) in [4.78, 5) is 10.5. The van der Waals surface area contributed by atoms with E-state index in [2.05, 4.69) is 45.2 Å². The molecule has 0 aliphatic heterocycles. The zero-order valence-electron chi connectivity index (χ0n) is 17.1. The molecule has 1 atom stereocenters. The fourth-order valence-corrected chi connectivity index (χ4v) is 5.70. The van der Waals surface area contributed by atoms with E-state index in [0.29, 0.717) is 12.3 Å². The van der Waals surface area contributed by atoms with E-state index in [9.17, 15) is 4.79 Å². The Balaban J connectivity index is 4.17. The van der Waals surface area contributed by atoms with Gasteiger partial charge >= 0.3 is 5.97 Å². The summed E-state index contributed by atoms with van der Waals surface area (Å²) in [6.07, 6.45) is 10.0. The lowest BCUT2D eigenvalue weighted by Gasteiger charge is -2.20. The highest BCUT2D eigenvalue weighted by atomic mass is 35.5. The number of carboxylic acid groups (broad SMARTS) is 1. The van der Waals surface area contributed by atoms with Gasteiger partial charge in [-0.05, 0) is 56.2 Å². The third-order valence-electron chi connectivity index (χ3n) is 5.25. The van der Waals surface area contributed by atoms with Crippen molar-refractivity contribution in [2.24, 2.45) is 5.92 Å². The van der Waals surface area contributed by atoms with Crippen LogP contribution in [0.1, 0.15) is 72.6 Å². The first-order chi connectivity index (χ1) is 12.4. The van der Waals surface area contributed by atoms with Gasteiger partial charge in [0.2, 0.25) is 0 Å². The molecule has 148 valence electrons. The molecule has 0 spiro atoms. The Labute approximate surface area is 167 Å². The highest BCUT2D eigenvalue weighted by molar-refractivity contribution is 6.87. The van der Waals surface area contributed by atoms with Crippen LogP contribution in [-0.4, -0.2) is 19.1 Å². The number of carboxylic acids is 1. The molecule has 2 nitrogen and oxygen atoms in total. The minimum atomic E-state index is -1.30. The Morgan fingerprint density at radius 3 is 2.35 bits per heavy atom. The van der Waals surface area contributed by atoms with Crippen molar-refractivity contribution in [2.75, 3.05) is 0 Å². The molecule has 0 bridgehead atoms. The van der Waals surface area contributed by atoms with Crippen LogP contribution >= 0.6 is 11.6 Å². The van der Waals surface area contributed by atoms with E-state index in [-0.39, 0.29) is 6.42 Å². The number of hydrogen-bond acceptors (Lipinski definition) is 1.